The van der Waals surface area contributed by atoms with Crippen molar-refractivity contribution in [2.24, 2.45) is 23.7 Å². The number of hydrogen-bond acceptors (Lipinski definition) is 8. The number of carbonyl (C=O) groups is 1. The van der Waals surface area contributed by atoms with Gasteiger partial charge in [-0.1, -0.05) is 45.9 Å². The largest absolute Gasteiger partial charge is 0.461 e. The Morgan fingerprint density at radius 2 is 1.94 bits per heavy atom. The van der Waals surface area contributed by atoms with Crippen molar-refractivity contribution >= 4 is 5.97 Å². The maximum Gasteiger partial charge on any atom is 0.308 e. The number of fused-ring (bicyclic) bond motifs is 1. The molecule has 8 nitrogen and oxygen atoms in total. The van der Waals surface area contributed by atoms with Crippen LogP contribution in [0.5, 0.6) is 0 Å². The van der Waals surface area contributed by atoms with Crippen molar-refractivity contribution in [2.45, 2.75) is 83.5 Å². The summed E-state index contributed by atoms with van der Waals surface area (Å²) in [6.45, 7) is 7.55. The number of esters is 1. The van der Waals surface area contributed by atoms with Gasteiger partial charge in [-0.05, 0) is 23.8 Å². The molecule has 3 rings (SSSR count). The summed E-state index contributed by atoms with van der Waals surface area (Å²) in [5, 5.41) is 39.7. The molecule has 1 unspecified atom stereocenters. The first-order valence-corrected chi connectivity index (χ1v) is 11.2. The molecule has 1 aliphatic heterocycles. The summed E-state index contributed by atoms with van der Waals surface area (Å²) in [7, 11) is 0. The molecular formula is C23H36O8. The van der Waals surface area contributed by atoms with Crippen LogP contribution in [0, 0.1) is 23.7 Å². The van der Waals surface area contributed by atoms with Crippen molar-refractivity contribution in [1.82, 2.24) is 0 Å². The molecular weight excluding hydrogens is 404 g/mol. The summed E-state index contributed by atoms with van der Waals surface area (Å²) in [6.07, 6.45) is -0.451. The van der Waals surface area contributed by atoms with Gasteiger partial charge in [0.25, 0.3) is 0 Å². The molecule has 31 heavy (non-hydrogen) atoms. The third-order valence-electron chi connectivity index (χ3n) is 7.06. The van der Waals surface area contributed by atoms with E-state index in [1.165, 1.54) is 0 Å². The van der Waals surface area contributed by atoms with Gasteiger partial charge in [-0.15, -0.1) is 0 Å². The second-order valence-corrected chi connectivity index (χ2v) is 9.16. The molecule has 0 aromatic heterocycles. The van der Waals surface area contributed by atoms with Crippen LogP contribution in [0.4, 0.5) is 0 Å². The smallest absolute Gasteiger partial charge is 0.308 e. The molecule has 1 fully saturated rings. The van der Waals surface area contributed by atoms with E-state index in [-0.39, 0.29) is 23.7 Å². The molecule has 0 bridgehead atoms. The average Bonchev–Trinajstić information content (AvgIpc) is 2.75. The fourth-order valence-electron chi connectivity index (χ4n) is 4.56. The van der Waals surface area contributed by atoms with Crippen molar-refractivity contribution in [3.8, 4) is 0 Å². The highest BCUT2D eigenvalue weighted by atomic mass is 16.7. The van der Waals surface area contributed by atoms with Crippen LogP contribution in [0.2, 0.25) is 0 Å². The molecule has 1 saturated heterocycles. The number of hydrogen-bond donors (Lipinski definition) is 4. The summed E-state index contributed by atoms with van der Waals surface area (Å²) in [4.78, 5) is 12.6. The minimum Gasteiger partial charge on any atom is -0.461 e. The Kier molecular flexibility index (Phi) is 7.94. The van der Waals surface area contributed by atoms with Gasteiger partial charge in [0.2, 0.25) is 0 Å². The van der Waals surface area contributed by atoms with Crippen LogP contribution in [0.25, 0.3) is 0 Å². The van der Waals surface area contributed by atoms with E-state index >= 15 is 0 Å². The highest BCUT2D eigenvalue weighted by Crippen LogP contribution is 2.42. The maximum atomic E-state index is 12.6. The summed E-state index contributed by atoms with van der Waals surface area (Å²) in [6, 6.07) is 0. The van der Waals surface area contributed by atoms with Crippen LogP contribution in [0.3, 0.4) is 0 Å². The van der Waals surface area contributed by atoms with E-state index < -0.39 is 49.5 Å². The Balaban J connectivity index is 1.81. The van der Waals surface area contributed by atoms with E-state index in [9.17, 15) is 25.2 Å². The Morgan fingerprint density at radius 3 is 2.58 bits per heavy atom. The van der Waals surface area contributed by atoms with E-state index in [2.05, 4.69) is 19.9 Å². The van der Waals surface area contributed by atoms with Crippen LogP contribution in [0.15, 0.2) is 23.8 Å². The summed E-state index contributed by atoms with van der Waals surface area (Å²) < 4.78 is 17.4. The summed E-state index contributed by atoms with van der Waals surface area (Å²) in [5.41, 5.74) is 1.01. The molecule has 0 spiro atoms. The van der Waals surface area contributed by atoms with Gasteiger partial charge in [0.15, 0.2) is 6.29 Å². The zero-order valence-electron chi connectivity index (χ0n) is 18.6. The van der Waals surface area contributed by atoms with Gasteiger partial charge in [-0.3, -0.25) is 4.79 Å². The van der Waals surface area contributed by atoms with Crippen molar-refractivity contribution in [3.05, 3.63) is 23.8 Å². The van der Waals surface area contributed by atoms with Gasteiger partial charge in [-0.25, -0.2) is 0 Å². The zero-order chi connectivity index (χ0) is 22.9. The van der Waals surface area contributed by atoms with Crippen LogP contribution >= 0.6 is 0 Å². The minimum absolute atomic E-state index is 0.0441. The second kappa shape index (κ2) is 10.1. The molecule has 3 aliphatic rings. The van der Waals surface area contributed by atoms with Crippen molar-refractivity contribution in [2.75, 3.05) is 6.61 Å². The molecule has 8 heteroatoms. The fourth-order valence-corrected chi connectivity index (χ4v) is 4.56. The lowest BCUT2D eigenvalue weighted by atomic mass is 9.68. The van der Waals surface area contributed by atoms with Gasteiger partial charge >= 0.3 is 5.97 Å². The maximum absolute atomic E-state index is 12.6. The fraction of sp³-hybridized carbons (Fsp3) is 0.783. The predicted octanol–water partition coefficient (Wildman–Crippen LogP) is 0.918. The standard InChI is InChI=1S/C23H36O8/c1-5-11(2)22(28)30-16-9-15(8-14-7-6-12(3)13(4)18(14)16)29-23-21(27)20(26)19(25)17(10-24)31-23/h6-8,11-13,15-21,23-27H,5,9-10H2,1-4H3/t11-,12-,13+,15?,16-,17+,18+,19-,20-,21+,23+/m0/s1. The number of rotatable bonds is 6. The quantitative estimate of drug-likeness (QED) is 0.449. The molecule has 0 amide bonds. The first kappa shape index (κ1) is 24.4. The Morgan fingerprint density at radius 1 is 1.23 bits per heavy atom. The monoisotopic (exact) mass is 440 g/mol. The van der Waals surface area contributed by atoms with Gasteiger partial charge in [0.05, 0.1) is 18.6 Å². The van der Waals surface area contributed by atoms with E-state index in [0.717, 1.165) is 5.57 Å². The molecule has 0 saturated carbocycles. The van der Waals surface area contributed by atoms with Crippen LogP contribution in [-0.4, -0.2) is 75.9 Å². The first-order valence-electron chi connectivity index (χ1n) is 11.2. The van der Waals surface area contributed by atoms with Crippen molar-refractivity contribution in [1.29, 1.82) is 0 Å². The SMILES string of the molecule is CC[C@H](C)C(=O)O[C@H]1CC(O[C@@H]2O[C@H](CO)[C@H](O)[C@H](O)[C@H]2O)C=C2C=C[C@H](C)[C@@H](C)[C@H]21. The van der Waals surface area contributed by atoms with E-state index in [1.807, 2.05) is 26.0 Å². The minimum atomic E-state index is -1.51. The van der Waals surface area contributed by atoms with Gasteiger partial charge < -0.3 is 34.6 Å². The molecule has 0 aromatic carbocycles. The number of allylic oxidation sites excluding steroid dienone is 2. The number of aliphatic hydroxyl groups is 4. The summed E-state index contributed by atoms with van der Waals surface area (Å²) in [5.74, 6) is 0.220. The Hall–Kier alpha value is -1.29. The number of carbonyl (C=O) groups excluding carboxylic acids is 1. The first-order chi connectivity index (χ1) is 14.7. The predicted molar refractivity (Wildman–Crippen MR) is 112 cm³/mol. The molecule has 176 valence electrons. The lowest BCUT2D eigenvalue weighted by Crippen LogP contribution is -2.60. The highest BCUT2D eigenvalue weighted by molar-refractivity contribution is 5.72. The molecule has 1 heterocycles. The molecule has 0 aromatic rings. The Bertz CT molecular complexity index is 689. The molecule has 0 radical (unpaired) electrons. The number of aliphatic hydroxyl groups excluding tert-OH is 4. The summed E-state index contributed by atoms with van der Waals surface area (Å²) >= 11 is 0. The normalized spacial score (nSPS) is 43.7. The molecule has 11 atom stereocenters. The number of ether oxygens (including phenoxy) is 3. The van der Waals surface area contributed by atoms with Gasteiger partial charge in [-0.2, -0.15) is 0 Å². The average molecular weight is 441 g/mol. The van der Waals surface area contributed by atoms with E-state index in [1.54, 1.807) is 0 Å². The van der Waals surface area contributed by atoms with E-state index in [4.69, 9.17) is 14.2 Å². The van der Waals surface area contributed by atoms with Crippen molar-refractivity contribution < 1.29 is 39.4 Å². The van der Waals surface area contributed by atoms with Gasteiger partial charge in [0, 0.05) is 12.3 Å². The Labute approximate surface area is 183 Å². The topological polar surface area (TPSA) is 126 Å². The lowest BCUT2D eigenvalue weighted by molar-refractivity contribution is -0.309. The van der Waals surface area contributed by atoms with Crippen LogP contribution < -0.4 is 0 Å². The third kappa shape index (κ3) is 5.05. The molecule has 4 N–H and O–H groups in total. The zero-order valence-corrected chi connectivity index (χ0v) is 18.6. The van der Waals surface area contributed by atoms with Crippen LogP contribution in [0.1, 0.15) is 40.5 Å². The molecule has 2 aliphatic carbocycles. The van der Waals surface area contributed by atoms with Crippen molar-refractivity contribution in [3.63, 3.8) is 0 Å². The van der Waals surface area contributed by atoms with Gasteiger partial charge in [0.1, 0.15) is 30.5 Å². The second-order valence-electron chi connectivity index (χ2n) is 9.16. The highest BCUT2D eigenvalue weighted by Gasteiger charge is 2.46. The third-order valence-corrected chi connectivity index (χ3v) is 7.06. The van der Waals surface area contributed by atoms with Crippen LogP contribution in [-0.2, 0) is 19.0 Å². The lowest BCUT2D eigenvalue weighted by Gasteiger charge is -2.44. The van der Waals surface area contributed by atoms with E-state index in [0.29, 0.717) is 18.8 Å².